The van der Waals surface area contributed by atoms with Crippen LogP contribution < -0.4 is 5.73 Å². The predicted molar refractivity (Wildman–Crippen MR) is 56.4 cm³/mol. The van der Waals surface area contributed by atoms with E-state index in [1.54, 1.807) is 0 Å². The molecule has 14 heavy (non-hydrogen) atoms. The molecule has 0 heterocycles. The van der Waals surface area contributed by atoms with Gasteiger partial charge in [0.1, 0.15) is 0 Å². The van der Waals surface area contributed by atoms with Crippen molar-refractivity contribution in [3.8, 4) is 0 Å². The third-order valence-electron chi connectivity index (χ3n) is 3.92. The van der Waals surface area contributed by atoms with Crippen LogP contribution in [0.5, 0.6) is 0 Å². The van der Waals surface area contributed by atoms with Gasteiger partial charge in [-0.2, -0.15) is 0 Å². The van der Waals surface area contributed by atoms with Gasteiger partial charge < -0.3 is 10.8 Å². The van der Waals surface area contributed by atoms with Gasteiger partial charge in [-0.15, -0.1) is 12.4 Å². The lowest BCUT2D eigenvalue weighted by molar-refractivity contribution is -0.139. The zero-order valence-corrected chi connectivity index (χ0v) is 9.05. The smallest absolute Gasteiger partial charge is 0.303 e. The predicted octanol–water partition coefficient (Wildman–Crippen LogP) is 1.65. The Morgan fingerprint density at radius 2 is 1.86 bits per heavy atom. The van der Waals surface area contributed by atoms with Crippen molar-refractivity contribution < 1.29 is 9.90 Å². The second-order valence-corrected chi connectivity index (χ2v) is 4.78. The van der Waals surface area contributed by atoms with E-state index < -0.39 is 5.97 Å². The van der Waals surface area contributed by atoms with Gasteiger partial charge >= 0.3 is 5.97 Å². The summed E-state index contributed by atoms with van der Waals surface area (Å²) in [6, 6.07) is 0. The number of hydrogen-bond donors (Lipinski definition) is 2. The van der Waals surface area contributed by atoms with E-state index in [4.69, 9.17) is 10.8 Å². The first-order chi connectivity index (χ1) is 6.15. The van der Waals surface area contributed by atoms with Gasteiger partial charge in [0.2, 0.25) is 0 Å². The Bertz CT molecular complexity index is 220. The summed E-state index contributed by atoms with van der Waals surface area (Å²) in [7, 11) is 0. The Hall–Kier alpha value is -0.280. The van der Waals surface area contributed by atoms with Crippen LogP contribution in [-0.4, -0.2) is 17.6 Å². The molecule has 2 fully saturated rings. The van der Waals surface area contributed by atoms with Gasteiger partial charge in [0, 0.05) is 0 Å². The van der Waals surface area contributed by atoms with Gasteiger partial charge in [0.15, 0.2) is 0 Å². The number of carboxylic acid groups (broad SMARTS) is 1. The molecule has 2 saturated carbocycles. The minimum absolute atomic E-state index is 0. The number of carbonyl (C=O) groups is 1. The van der Waals surface area contributed by atoms with Crippen LogP contribution in [0.1, 0.15) is 32.1 Å². The van der Waals surface area contributed by atoms with Crippen molar-refractivity contribution in [2.75, 3.05) is 6.54 Å². The second kappa shape index (κ2) is 4.07. The molecule has 0 spiro atoms. The third-order valence-corrected chi connectivity index (χ3v) is 3.92. The average molecular weight is 220 g/mol. The lowest BCUT2D eigenvalue weighted by Crippen LogP contribution is -2.30. The molecule has 0 aromatic rings. The normalized spacial score (nSPS) is 39.5. The molecule has 0 aromatic heterocycles. The number of nitrogens with two attached hydrogens (primary N) is 1. The second-order valence-electron chi connectivity index (χ2n) is 4.78. The third kappa shape index (κ3) is 1.89. The molecular weight excluding hydrogens is 202 g/mol. The van der Waals surface area contributed by atoms with Gasteiger partial charge in [-0.25, -0.2) is 0 Å². The fraction of sp³-hybridized carbons (Fsp3) is 0.900. The van der Waals surface area contributed by atoms with Crippen LogP contribution in [0.4, 0.5) is 0 Å². The van der Waals surface area contributed by atoms with E-state index in [-0.39, 0.29) is 24.2 Å². The number of rotatable bonds is 3. The van der Waals surface area contributed by atoms with Crippen LogP contribution in [0.2, 0.25) is 0 Å². The maximum absolute atomic E-state index is 10.7. The summed E-state index contributed by atoms with van der Waals surface area (Å²) in [5.74, 6) is 0.901. The number of aliphatic carboxylic acids is 1. The standard InChI is InChI=1S/C10H17NO2.ClH/c11-6-10(5-9(12)13)3-7-1-2-8(7)4-10;/h7-8H,1-6,11H2,(H,12,13);1H/t7-,8?,10-;/m0./s1. The lowest BCUT2D eigenvalue weighted by atomic mass is 9.77. The monoisotopic (exact) mass is 219 g/mol. The van der Waals surface area contributed by atoms with Crippen molar-refractivity contribution in [1.29, 1.82) is 0 Å². The summed E-state index contributed by atoms with van der Waals surface area (Å²) in [6.45, 7) is 0.548. The molecule has 0 aliphatic heterocycles. The highest BCUT2D eigenvalue weighted by Crippen LogP contribution is 2.56. The van der Waals surface area contributed by atoms with Crippen LogP contribution in [0.3, 0.4) is 0 Å². The minimum Gasteiger partial charge on any atom is -0.481 e. The maximum atomic E-state index is 10.7. The number of fused-ring (bicyclic) bond motifs is 1. The lowest BCUT2D eigenvalue weighted by Gasteiger charge is -2.29. The van der Waals surface area contributed by atoms with Gasteiger partial charge in [0.25, 0.3) is 0 Å². The van der Waals surface area contributed by atoms with Crippen LogP contribution in [0.15, 0.2) is 0 Å². The number of hydrogen-bond acceptors (Lipinski definition) is 2. The maximum Gasteiger partial charge on any atom is 0.303 e. The SMILES string of the molecule is Cl.NC[C@]1(CC(=O)O)CC2CC[C@H]2C1. The van der Waals surface area contributed by atoms with E-state index in [0.717, 1.165) is 24.7 Å². The fourth-order valence-electron chi connectivity index (χ4n) is 3.08. The molecular formula is C10H18ClNO2. The van der Waals surface area contributed by atoms with Crippen LogP contribution >= 0.6 is 12.4 Å². The Labute approximate surface area is 90.5 Å². The van der Waals surface area contributed by atoms with E-state index >= 15 is 0 Å². The summed E-state index contributed by atoms with van der Waals surface area (Å²) in [6.07, 6.45) is 4.98. The molecule has 3 N–H and O–H groups in total. The van der Waals surface area contributed by atoms with Crippen LogP contribution in [-0.2, 0) is 4.79 Å². The molecule has 0 aromatic carbocycles. The summed E-state index contributed by atoms with van der Waals surface area (Å²) >= 11 is 0. The van der Waals surface area contributed by atoms with E-state index in [9.17, 15) is 4.79 Å². The van der Waals surface area contributed by atoms with E-state index in [0.29, 0.717) is 6.54 Å². The Morgan fingerprint density at radius 1 is 1.36 bits per heavy atom. The summed E-state index contributed by atoms with van der Waals surface area (Å²) in [5.41, 5.74) is 5.65. The van der Waals surface area contributed by atoms with Gasteiger partial charge in [-0.3, -0.25) is 4.79 Å². The van der Waals surface area contributed by atoms with Crippen molar-refractivity contribution in [2.45, 2.75) is 32.1 Å². The quantitative estimate of drug-likeness (QED) is 0.759. The van der Waals surface area contributed by atoms with Gasteiger partial charge in [-0.1, -0.05) is 0 Å². The van der Waals surface area contributed by atoms with Crippen LogP contribution in [0, 0.1) is 17.3 Å². The van der Waals surface area contributed by atoms with E-state index in [1.807, 2.05) is 0 Å². The number of carboxylic acids is 1. The van der Waals surface area contributed by atoms with Crippen molar-refractivity contribution in [1.82, 2.24) is 0 Å². The van der Waals surface area contributed by atoms with Crippen molar-refractivity contribution in [2.24, 2.45) is 23.0 Å². The molecule has 3 atom stereocenters. The molecule has 0 bridgehead atoms. The average Bonchev–Trinajstić information content (AvgIpc) is 2.28. The Balaban J connectivity index is 0.000000980. The minimum atomic E-state index is -0.688. The largest absolute Gasteiger partial charge is 0.481 e. The van der Waals surface area contributed by atoms with Crippen molar-refractivity contribution >= 4 is 18.4 Å². The summed E-state index contributed by atoms with van der Waals surface area (Å²) < 4.78 is 0. The molecule has 0 radical (unpaired) electrons. The molecule has 0 saturated heterocycles. The van der Waals surface area contributed by atoms with Crippen molar-refractivity contribution in [3.05, 3.63) is 0 Å². The van der Waals surface area contributed by atoms with E-state index in [2.05, 4.69) is 0 Å². The van der Waals surface area contributed by atoms with Gasteiger partial charge in [0.05, 0.1) is 6.42 Å². The zero-order valence-electron chi connectivity index (χ0n) is 8.24. The molecule has 2 rings (SSSR count). The topological polar surface area (TPSA) is 63.3 Å². The summed E-state index contributed by atoms with van der Waals surface area (Å²) in [4.78, 5) is 10.7. The highest BCUT2D eigenvalue weighted by molar-refractivity contribution is 5.85. The molecule has 2 aliphatic carbocycles. The first kappa shape index (κ1) is 11.8. The zero-order chi connectivity index (χ0) is 9.47. The highest BCUT2D eigenvalue weighted by atomic mass is 35.5. The first-order valence-electron chi connectivity index (χ1n) is 5.07. The first-order valence-corrected chi connectivity index (χ1v) is 5.07. The number of halogens is 1. The fourth-order valence-corrected chi connectivity index (χ4v) is 3.08. The molecule has 82 valence electrons. The molecule has 2 aliphatic rings. The summed E-state index contributed by atoms with van der Waals surface area (Å²) in [5, 5.41) is 8.81. The Morgan fingerprint density at radius 3 is 2.14 bits per heavy atom. The Kier molecular flexibility index (Phi) is 3.43. The molecule has 4 heteroatoms. The molecule has 3 nitrogen and oxygen atoms in total. The van der Waals surface area contributed by atoms with Gasteiger partial charge in [-0.05, 0) is 49.5 Å². The molecule has 0 amide bonds. The highest BCUT2D eigenvalue weighted by Gasteiger charge is 2.49. The van der Waals surface area contributed by atoms with E-state index in [1.165, 1.54) is 12.8 Å². The van der Waals surface area contributed by atoms with Crippen LogP contribution in [0.25, 0.3) is 0 Å². The molecule has 1 unspecified atom stereocenters. The van der Waals surface area contributed by atoms with Crippen molar-refractivity contribution in [3.63, 3.8) is 0 Å².